The number of unbranched alkanes of at least 4 members (excludes halogenated alkanes) is 6. The highest BCUT2D eigenvalue weighted by molar-refractivity contribution is 7.57. The largest absolute Gasteiger partial charge is 0.287 e. The van der Waals surface area contributed by atoms with Crippen molar-refractivity contribution >= 4 is 7.59 Å². The van der Waals surface area contributed by atoms with Crippen LogP contribution in [0.25, 0.3) is 0 Å². The Morgan fingerprint density at radius 3 is 1.52 bits per heavy atom. The minimum Gasteiger partial charge on any atom is -0.270 e. The van der Waals surface area contributed by atoms with Crippen LogP contribution >= 0.6 is 7.59 Å². The summed E-state index contributed by atoms with van der Waals surface area (Å²) in [7, 11) is -2.46. The Morgan fingerprint density at radius 2 is 1.22 bits per heavy atom. The summed E-state index contributed by atoms with van der Waals surface area (Å²) in [6.45, 7) is 13.0. The molecule has 0 saturated carbocycles. The normalized spacial score (nSPS) is 32.0. The zero-order valence-electron chi connectivity index (χ0n) is 15.8. The first kappa shape index (κ1) is 19.4. The first-order valence-corrected chi connectivity index (χ1v) is 11.5. The summed E-state index contributed by atoms with van der Waals surface area (Å²) in [6, 6.07) is 1.00. The molecule has 2 saturated heterocycles. The first-order valence-electron chi connectivity index (χ1n) is 9.95. The van der Waals surface area contributed by atoms with E-state index in [1.807, 2.05) is 0 Å². The van der Waals surface area contributed by atoms with Gasteiger partial charge >= 0.3 is 0 Å². The van der Waals surface area contributed by atoms with Gasteiger partial charge in [-0.25, -0.2) is 14.0 Å². The molecule has 23 heavy (non-hydrogen) atoms. The van der Waals surface area contributed by atoms with Gasteiger partial charge in [-0.1, -0.05) is 52.4 Å². The molecule has 0 N–H and O–H groups in total. The molecule has 0 spiro atoms. The third-order valence-electron chi connectivity index (χ3n) is 5.23. The molecule has 5 heteroatoms. The summed E-state index contributed by atoms with van der Waals surface area (Å²) in [5.74, 6) is 0. The van der Waals surface area contributed by atoms with Crippen LogP contribution in [0.15, 0.2) is 0 Å². The minimum absolute atomic E-state index is 0.502. The van der Waals surface area contributed by atoms with Crippen LogP contribution in [0.1, 0.15) is 79.1 Å². The molecular weight excluding hydrogens is 305 g/mol. The van der Waals surface area contributed by atoms with Crippen LogP contribution in [0.4, 0.5) is 0 Å². The van der Waals surface area contributed by atoms with E-state index in [2.05, 4.69) is 41.7 Å². The fourth-order valence-corrected chi connectivity index (χ4v) is 7.13. The minimum atomic E-state index is -2.46. The predicted molar refractivity (Wildman–Crippen MR) is 99.8 cm³/mol. The summed E-state index contributed by atoms with van der Waals surface area (Å²) in [5.41, 5.74) is 0. The average molecular weight is 343 g/mol. The van der Waals surface area contributed by atoms with Gasteiger partial charge < -0.3 is 0 Å². The Bertz CT molecular complexity index is 372. The van der Waals surface area contributed by atoms with Crippen LogP contribution in [-0.4, -0.2) is 52.3 Å². The van der Waals surface area contributed by atoms with E-state index in [0.717, 1.165) is 26.2 Å². The average Bonchev–Trinajstić information content (AvgIpc) is 3.43. The molecule has 0 aromatic heterocycles. The fourth-order valence-electron chi connectivity index (χ4n) is 3.46. The quantitative estimate of drug-likeness (QED) is 0.268. The van der Waals surface area contributed by atoms with Gasteiger partial charge in [-0.05, 0) is 26.7 Å². The standard InChI is InChI=1S/C18H38N3OP/c1-5-7-9-11-13-19(14-12-10-8-6-2)23(22,20-15-17(20)3)21-16-18(21)4/h17-18H,5-16H2,1-4H3. The molecule has 0 aromatic rings. The molecule has 2 fully saturated rings. The van der Waals surface area contributed by atoms with E-state index >= 15 is 0 Å². The van der Waals surface area contributed by atoms with Crippen molar-refractivity contribution in [3.05, 3.63) is 0 Å². The summed E-state index contributed by atoms with van der Waals surface area (Å²) in [5, 5.41) is 0. The number of hydrogen-bond acceptors (Lipinski definition) is 1. The number of rotatable bonds is 13. The lowest BCUT2D eigenvalue weighted by Gasteiger charge is -2.34. The van der Waals surface area contributed by atoms with E-state index in [9.17, 15) is 4.57 Å². The number of hydrogen-bond donors (Lipinski definition) is 0. The SMILES string of the molecule is CCCCCCN(CCCCCC)P(=O)(N1CC1C)N1CC1C. The van der Waals surface area contributed by atoms with Crippen molar-refractivity contribution in [1.29, 1.82) is 0 Å². The van der Waals surface area contributed by atoms with E-state index in [1.165, 1.54) is 51.4 Å². The lowest BCUT2D eigenvalue weighted by Crippen LogP contribution is -2.30. The topological polar surface area (TPSA) is 26.3 Å². The molecular formula is C18H38N3OP. The van der Waals surface area contributed by atoms with Crippen LogP contribution < -0.4 is 0 Å². The maximum absolute atomic E-state index is 14.0. The van der Waals surface area contributed by atoms with E-state index in [-0.39, 0.29) is 0 Å². The van der Waals surface area contributed by atoms with Gasteiger partial charge in [0.25, 0.3) is 7.59 Å². The zero-order chi connectivity index (χ0) is 16.9. The van der Waals surface area contributed by atoms with E-state index in [1.54, 1.807) is 0 Å². The summed E-state index contributed by atoms with van der Waals surface area (Å²) < 4.78 is 20.9. The summed E-state index contributed by atoms with van der Waals surface area (Å²) in [4.78, 5) is 0. The second-order valence-corrected chi connectivity index (χ2v) is 10.2. The smallest absolute Gasteiger partial charge is 0.270 e. The zero-order valence-corrected chi connectivity index (χ0v) is 16.7. The van der Waals surface area contributed by atoms with Gasteiger partial charge in [-0.15, -0.1) is 0 Å². The summed E-state index contributed by atoms with van der Waals surface area (Å²) >= 11 is 0. The van der Waals surface area contributed by atoms with Gasteiger partial charge in [0, 0.05) is 38.3 Å². The van der Waals surface area contributed by atoms with Crippen molar-refractivity contribution in [3.8, 4) is 0 Å². The third kappa shape index (κ3) is 5.04. The van der Waals surface area contributed by atoms with Crippen molar-refractivity contribution in [2.75, 3.05) is 26.2 Å². The second-order valence-electron chi connectivity index (χ2n) is 7.53. The molecule has 2 rings (SSSR count). The molecule has 4 unspecified atom stereocenters. The second kappa shape index (κ2) is 8.99. The van der Waals surface area contributed by atoms with Gasteiger partial charge in [0.1, 0.15) is 0 Å². The van der Waals surface area contributed by atoms with Gasteiger partial charge in [-0.2, -0.15) is 0 Å². The maximum atomic E-state index is 14.0. The Balaban J connectivity index is 1.98. The van der Waals surface area contributed by atoms with E-state index in [0.29, 0.717) is 12.1 Å². The number of nitrogens with zero attached hydrogens (tertiary/aromatic N) is 3. The predicted octanol–water partition coefficient (Wildman–Crippen LogP) is 4.97. The molecule has 0 bridgehead atoms. The lowest BCUT2D eigenvalue weighted by atomic mass is 10.2. The van der Waals surface area contributed by atoms with Crippen molar-refractivity contribution in [1.82, 2.24) is 14.0 Å². The van der Waals surface area contributed by atoms with Gasteiger partial charge in [0.2, 0.25) is 0 Å². The monoisotopic (exact) mass is 343 g/mol. The Labute approximate surface area is 144 Å². The molecule has 0 aromatic carbocycles. The van der Waals surface area contributed by atoms with Crippen LogP contribution in [0.5, 0.6) is 0 Å². The van der Waals surface area contributed by atoms with E-state index in [4.69, 9.17) is 0 Å². The van der Waals surface area contributed by atoms with Gasteiger partial charge in [0.05, 0.1) is 0 Å². The highest BCUT2D eigenvalue weighted by Crippen LogP contribution is 2.66. The van der Waals surface area contributed by atoms with Crippen LogP contribution in [-0.2, 0) is 4.57 Å². The van der Waals surface area contributed by atoms with Gasteiger partial charge in [0.15, 0.2) is 0 Å². The molecule has 0 aliphatic carbocycles. The molecule has 4 nitrogen and oxygen atoms in total. The molecule has 2 heterocycles. The molecule has 136 valence electrons. The Hall–Kier alpha value is 0.110. The van der Waals surface area contributed by atoms with Crippen LogP contribution in [0.3, 0.4) is 0 Å². The van der Waals surface area contributed by atoms with Gasteiger partial charge in [-0.3, -0.25) is 4.57 Å². The lowest BCUT2D eigenvalue weighted by molar-refractivity contribution is 0.341. The molecule has 2 aliphatic heterocycles. The Morgan fingerprint density at radius 1 is 0.826 bits per heavy atom. The molecule has 2 aliphatic rings. The Kier molecular flexibility index (Phi) is 7.59. The fraction of sp³-hybridized carbons (Fsp3) is 1.00. The first-order chi connectivity index (χ1) is 11.1. The van der Waals surface area contributed by atoms with E-state index < -0.39 is 7.59 Å². The van der Waals surface area contributed by atoms with Crippen molar-refractivity contribution < 1.29 is 4.57 Å². The maximum Gasteiger partial charge on any atom is 0.287 e. The molecule has 0 radical (unpaired) electrons. The van der Waals surface area contributed by atoms with Crippen molar-refractivity contribution in [2.24, 2.45) is 0 Å². The van der Waals surface area contributed by atoms with Crippen molar-refractivity contribution in [2.45, 2.75) is 91.1 Å². The van der Waals surface area contributed by atoms with Crippen LogP contribution in [0.2, 0.25) is 0 Å². The molecule has 4 atom stereocenters. The third-order valence-corrected chi connectivity index (χ3v) is 8.82. The van der Waals surface area contributed by atoms with Crippen molar-refractivity contribution in [3.63, 3.8) is 0 Å². The van der Waals surface area contributed by atoms with Crippen LogP contribution in [0, 0.1) is 0 Å². The molecule has 0 amide bonds. The highest BCUT2D eigenvalue weighted by atomic mass is 31.2. The highest BCUT2D eigenvalue weighted by Gasteiger charge is 2.57. The summed E-state index contributed by atoms with van der Waals surface area (Å²) in [6.07, 6.45) is 10.1.